The third kappa shape index (κ3) is 3.30. The van der Waals surface area contributed by atoms with E-state index < -0.39 is 17.8 Å². The smallest absolute Gasteiger partial charge is 0.335 e. The monoisotopic (exact) mass is 340 g/mol. The lowest BCUT2D eigenvalue weighted by molar-refractivity contribution is -0.122. The normalized spacial score (nSPS) is 16.3. The zero-order chi connectivity index (χ0) is 18.0. The molecular weight excluding hydrogens is 324 g/mol. The molecule has 4 amide bonds. The molecule has 0 atom stereocenters. The zero-order valence-electron chi connectivity index (χ0n) is 13.7. The number of furan rings is 1. The maximum Gasteiger partial charge on any atom is 0.335 e. The van der Waals surface area contributed by atoms with Gasteiger partial charge in [-0.1, -0.05) is 0 Å². The summed E-state index contributed by atoms with van der Waals surface area (Å²) in [5.74, 6) is 0.152. The molecule has 1 aromatic carbocycles. The van der Waals surface area contributed by atoms with Gasteiger partial charge in [-0.25, -0.2) is 9.69 Å². The Bertz CT molecular complexity index is 864. The van der Waals surface area contributed by atoms with E-state index in [9.17, 15) is 14.4 Å². The highest BCUT2D eigenvalue weighted by atomic mass is 16.5. The van der Waals surface area contributed by atoms with Crippen LogP contribution in [0.25, 0.3) is 6.08 Å². The number of carbonyl (C=O) groups excluding carboxylic acids is 3. The van der Waals surface area contributed by atoms with E-state index in [4.69, 9.17) is 9.15 Å². The molecular formula is C18H16N2O5. The molecule has 1 N–H and O–H groups in total. The summed E-state index contributed by atoms with van der Waals surface area (Å²) in [6.45, 7) is 4.11. The van der Waals surface area contributed by atoms with Crippen LogP contribution in [0.4, 0.5) is 10.5 Å². The molecule has 1 fully saturated rings. The quantitative estimate of drug-likeness (QED) is 0.683. The fourth-order valence-corrected chi connectivity index (χ4v) is 2.42. The number of nitrogens with one attached hydrogen (secondary N) is 1. The number of anilines is 1. The highest BCUT2D eigenvalue weighted by Crippen LogP contribution is 2.24. The number of hydrogen-bond donors (Lipinski definition) is 1. The molecule has 2 aromatic rings. The van der Waals surface area contributed by atoms with Crippen molar-refractivity contribution in [3.63, 3.8) is 0 Å². The van der Waals surface area contributed by atoms with Crippen molar-refractivity contribution in [3.05, 3.63) is 53.5 Å². The summed E-state index contributed by atoms with van der Waals surface area (Å²) in [7, 11) is 0. The lowest BCUT2D eigenvalue weighted by atomic mass is 10.1. The number of nitrogens with zero attached hydrogens (tertiary/aromatic N) is 1. The first kappa shape index (κ1) is 16.5. The van der Waals surface area contributed by atoms with Gasteiger partial charge in [0.2, 0.25) is 0 Å². The van der Waals surface area contributed by atoms with Gasteiger partial charge < -0.3 is 9.15 Å². The van der Waals surface area contributed by atoms with Crippen LogP contribution in [0.5, 0.6) is 5.75 Å². The number of hydrogen-bond acceptors (Lipinski definition) is 5. The molecule has 0 radical (unpaired) electrons. The molecule has 0 saturated carbocycles. The SMILES string of the molecule is CCOc1ccc(N2C(=O)NC(=O)/C(=C/c3ccc(C)o3)C2=O)cc1. The number of amides is 4. The number of ether oxygens (including phenoxy) is 1. The summed E-state index contributed by atoms with van der Waals surface area (Å²) in [5.41, 5.74) is 0.155. The molecule has 0 unspecified atom stereocenters. The maximum absolute atomic E-state index is 12.7. The molecule has 128 valence electrons. The fraction of sp³-hybridized carbons (Fsp3) is 0.167. The van der Waals surface area contributed by atoms with Gasteiger partial charge in [0.05, 0.1) is 12.3 Å². The molecule has 0 bridgehead atoms. The van der Waals surface area contributed by atoms with Crippen LogP contribution in [0.1, 0.15) is 18.4 Å². The average Bonchev–Trinajstić information content (AvgIpc) is 2.98. The van der Waals surface area contributed by atoms with Gasteiger partial charge in [0.1, 0.15) is 22.8 Å². The minimum absolute atomic E-state index is 0.178. The number of imide groups is 2. The topological polar surface area (TPSA) is 88.8 Å². The van der Waals surface area contributed by atoms with Crippen molar-refractivity contribution in [2.45, 2.75) is 13.8 Å². The summed E-state index contributed by atoms with van der Waals surface area (Å²) in [6.07, 6.45) is 1.32. The van der Waals surface area contributed by atoms with Gasteiger partial charge in [-0.15, -0.1) is 0 Å². The largest absolute Gasteiger partial charge is 0.494 e. The Morgan fingerprint density at radius 3 is 2.44 bits per heavy atom. The minimum atomic E-state index is -0.799. The van der Waals surface area contributed by atoms with Crippen molar-refractivity contribution >= 4 is 29.6 Å². The Labute approximate surface area is 143 Å². The van der Waals surface area contributed by atoms with E-state index in [0.717, 1.165) is 4.90 Å². The second-order valence-corrected chi connectivity index (χ2v) is 5.33. The van der Waals surface area contributed by atoms with Crippen molar-refractivity contribution < 1.29 is 23.5 Å². The van der Waals surface area contributed by atoms with E-state index in [1.54, 1.807) is 43.3 Å². The van der Waals surface area contributed by atoms with Crippen molar-refractivity contribution in [3.8, 4) is 5.75 Å². The van der Waals surface area contributed by atoms with Gasteiger partial charge in [0.15, 0.2) is 0 Å². The van der Waals surface area contributed by atoms with E-state index in [2.05, 4.69) is 5.32 Å². The molecule has 0 spiro atoms. The number of aryl methyl sites for hydroxylation is 1. The Kier molecular flexibility index (Phi) is 4.38. The Morgan fingerprint density at radius 2 is 1.84 bits per heavy atom. The standard InChI is InChI=1S/C18H16N2O5/c1-3-24-13-8-5-12(6-9-13)20-17(22)15(16(21)19-18(20)23)10-14-7-4-11(2)25-14/h4-10H,3H2,1-2H3,(H,19,21,23)/b15-10-. The number of urea groups is 1. The first-order chi connectivity index (χ1) is 12.0. The van der Waals surface area contributed by atoms with Crippen LogP contribution >= 0.6 is 0 Å². The first-order valence-electron chi connectivity index (χ1n) is 7.70. The molecule has 1 aliphatic rings. The number of carbonyl (C=O) groups is 3. The van der Waals surface area contributed by atoms with Gasteiger partial charge in [0.25, 0.3) is 11.8 Å². The molecule has 7 nitrogen and oxygen atoms in total. The fourth-order valence-electron chi connectivity index (χ4n) is 2.42. The minimum Gasteiger partial charge on any atom is -0.494 e. The number of barbiturate groups is 1. The van der Waals surface area contributed by atoms with E-state index in [0.29, 0.717) is 29.6 Å². The van der Waals surface area contributed by atoms with Crippen molar-refractivity contribution in [1.29, 1.82) is 0 Å². The second kappa shape index (κ2) is 6.64. The van der Waals surface area contributed by atoms with Gasteiger partial charge >= 0.3 is 6.03 Å². The van der Waals surface area contributed by atoms with Gasteiger partial charge in [-0.2, -0.15) is 0 Å². The summed E-state index contributed by atoms with van der Waals surface area (Å²) >= 11 is 0. The van der Waals surface area contributed by atoms with Crippen LogP contribution in [0.3, 0.4) is 0 Å². The van der Waals surface area contributed by atoms with Crippen molar-refractivity contribution in [1.82, 2.24) is 5.32 Å². The second-order valence-electron chi connectivity index (χ2n) is 5.33. The number of rotatable bonds is 4. The van der Waals surface area contributed by atoms with Crippen LogP contribution in [0, 0.1) is 6.92 Å². The molecule has 0 aliphatic carbocycles. The third-order valence-corrected chi connectivity index (χ3v) is 3.56. The predicted molar refractivity (Wildman–Crippen MR) is 90.1 cm³/mol. The van der Waals surface area contributed by atoms with Gasteiger partial charge in [-0.05, 0) is 56.3 Å². The molecule has 1 aromatic heterocycles. The highest BCUT2D eigenvalue weighted by molar-refractivity contribution is 6.39. The lowest BCUT2D eigenvalue weighted by Gasteiger charge is -2.26. The Hall–Kier alpha value is -3.35. The molecule has 2 heterocycles. The van der Waals surface area contributed by atoms with E-state index >= 15 is 0 Å². The Balaban J connectivity index is 1.93. The van der Waals surface area contributed by atoms with Crippen molar-refractivity contribution in [2.24, 2.45) is 0 Å². The van der Waals surface area contributed by atoms with Gasteiger partial charge in [0, 0.05) is 0 Å². The predicted octanol–water partition coefficient (Wildman–Crippen LogP) is 2.65. The summed E-state index contributed by atoms with van der Waals surface area (Å²) in [5, 5.41) is 2.16. The molecule has 7 heteroatoms. The molecule has 3 rings (SSSR count). The van der Waals surface area contributed by atoms with Crippen LogP contribution in [0.15, 0.2) is 46.4 Å². The van der Waals surface area contributed by atoms with Crippen LogP contribution in [0.2, 0.25) is 0 Å². The van der Waals surface area contributed by atoms with Crippen LogP contribution < -0.4 is 15.0 Å². The highest BCUT2D eigenvalue weighted by Gasteiger charge is 2.37. The third-order valence-electron chi connectivity index (χ3n) is 3.56. The lowest BCUT2D eigenvalue weighted by Crippen LogP contribution is -2.54. The summed E-state index contributed by atoms with van der Waals surface area (Å²) in [4.78, 5) is 37.7. The molecule has 1 saturated heterocycles. The average molecular weight is 340 g/mol. The first-order valence-corrected chi connectivity index (χ1v) is 7.70. The van der Waals surface area contributed by atoms with E-state index in [-0.39, 0.29) is 5.57 Å². The Morgan fingerprint density at radius 1 is 1.12 bits per heavy atom. The summed E-state index contributed by atoms with van der Waals surface area (Å²) in [6, 6.07) is 9.00. The summed E-state index contributed by atoms with van der Waals surface area (Å²) < 4.78 is 10.7. The van der Waals surface area contributed by atoms with Gasteiger partial charge in [-0.3, -0.25) is 14.9 Å². The van der Waals surface area contributed by atoms with Crippen LogP contribution in [-0.4, -0.2) is 24.5 Å². The molecule has 1 aliphatic heterocycles. The maximum atomic E-state index is 12.7. The van der Waals surface area contributed by atoms with Crippen molar-refractivity contribution in [2.75, 3.05) is 11.5 Å². The molecule has 25 heavy (non-hydrogen) atoms. The van der Waals surface area contributed by atoms with E-state index in [1.807, 2.05) is 6.92 Å². The van der Waals surface area contributed by atoms with E-state index in [1.165, 1.54) is 6.08 Å². The number of benzene rings is 1. The zero-order valence-corrected chi connectivity index (χ0v) is 13.7. The van der Waals surface area contributed by atoms with Crippen LogP contribution in [-0.2, 0) is 9.59 Å².